The van der Waals surface area contributed by atoms with Crippen molar-refractivity contribution in [1.29, 1.82) is 0 Å². The van der Waals surface area contributed by atoms with Crippen LogP contribution >= 0.6 is 0 Å². The highest BCUT2D eigenvalue weighted by Gasteiger charge is 2.28. The van der Waals surface area contributed by atoms with E-state index in [9.17, 15) is 9.59 Å². The molecule has 1 aliphatic carbocycles. The lowest BCUT2D eigenvalue weighted by atomic mass is 10.1. The third-order valence-electron chi connectivity index (χ3n) is 5.23. The van der Waals surface area contributed by atoms with Gasteiger partial charge in [0.2, 0.25) is 0 Å². The molecule has 0 saturated heterocycles. The monoisotopic (exact) mass is 346 g/mol. The molecule has 138 valence electrons. The van der Waals surface area contributed by atoms with Gasteiger partial charge >= 0.3 is 0 Å². The van der Waals surface area contributed by atoms with Gasteiger partial charge in [-0.25, -0.2) is 4.98 Å². The van der Waals surface area contributed by atoms with Crippen molar-refractivity contribution in [3.05, 3.63) is 17.2 Å². The van der Waals surface area contributed by atoms with E-state index in [4.69, 9.17) is 0 Å². The molecule has 0 atom stereocenters. The average Bonchev–Trinajstić information content (AvgIpc) is 3.21. The van der Waals surface area contributed by atoms with Crippen LogP contribution in [0.2, 0.25) is 0 Å². The summed E-state index contributed by atoms with van der Waals surface area (Å²) >= 11 is 0. The van der Waals surface area contributed by atoms with Gasteiger partial charge in [0.05, 0.1) is 5.69 Å². The Morgan fingerprint density at radius 3 is 2.64 bits per heavy atom. The zero-order valence-corrected chi connectivity index (χ0v) is 15.4. The largest absolute Gasteiger partial charge is 0.351 e. The predicted molar refractivity (Wildman–Crippen MR) is 96.7 cm³/mol. The van der Waals surface area contributed by atoms with E-state index in [0.29, 0.717) is 24.0 Å². The summed E-state index contributed by atoms with van der Waals surface area (Å²) in [4.78, 5) is 29.7. The minimum atomic E-state index is -0.147. The van der Waals surface area contributed by atoms with Crippen LogP contribution in [0.1, 0.15) is 85.6 Å². The van der Waals surface area contributed by atoms with Crippen LogP contribution in [0.4, 0.5) is 0 Å². The fraction of sp³-hybridized carbons (Fsp3) is 0.737. The van der Waals surface area contributed by atoms with Gasteiger partial charge in [-0.1, -0.05) is 26.7 Å². The first kappa shape index (κ1) is 18.0. The Bertz CT molecular complexity index is 630. The van der Waals surface area contributed by atoms with Crippen molar-refractivity contribution in [2.75, 3.05) is 6.54 Å². The number of rotatable bonds is 6. The number of hydrogen-bond acceptors (Lipinski definition) is 3. The Kier molecular flexibility index (Phi) is 5.76. The van der Waals surface area contributed by atoms with E-state index in [1.807, 2.05) is 4.57 Å². The summed E-state index contributed by atoms with van der Waals surface area (Å²) < 4.78 is 1.96. The summed E-state index contributed by atoms with van der Waals surface area (Å²) in [5.74, 6) is 0.682. The number of nitrogens with zero attached hydrogens (tertiary/aromatic N) is 2. The van der Waals surface area contributed by atoms with Gasteiger partial charge in [-0.15, -0.1) is 0 Å². The molecule has 1 aromatic heterocycles. The Morgan fingerprint density at radius 2 is 1.92 bits per heavy atom. The highest BCUT2D eigenvalue weighted by Crippen LogP contribution is 2.22. The molecule has 3 rings (SSSR count). The second-order valence-corrected chi connectivity index (χ2v) is 7.73. The molecule has 1 aromatic rings. The summed E-state index contributed by atoms with van der Waals surface area (Å²) in [6.07, 6.45) is 8.27. The Labute approximate surface area is 149 Å². The molecule has 0 unspecified atom stereocenters. The van der Waals surface area contributed by atoms with Crippen LogP contribution < -0.4 is 10.6 Å². The summed E-state index contributed by atoms with van der Waals surface area (Å²) in [6, 6.07) is 0.257. The van der Waals surface area contributed by atoms with Crippen molar-refractivity contribution in [1.82, 2.24) is 20.2 Å². The van der Waals surface area contributed by atoms with Gasteiger partial charge in [0, 0.05) is 19.1 Å². The molecule has 25 heavy (non-hydrogen) atoms. The number of hydrogen-bond donors (Lipinski definition) is 2. The molecule has 1 saturated carbocycles. The van der Waals surface area contributed by atoms with E-state index in [1.54, 1.807) is 0 Å². The molecule has 0 bridgehead atoms. The minimum absolute atomic E-state index is 0.128. The van der Waals surface area contributed by atoms with E-state index in [2.05, 4.69) is 29.5 Å². The lowest BCUT2D eigenvalue weighted by molar-refractivity contribution is 0.0921. The molecule has 0 radical (unpaired) electrons. The van der Waals surface area contributed by atoms with Crippen LogP contribution in [-0.4, -0.2) is 34.0 Å². The first-order valence-electron chi connectivity index (χ1n) is 9.74. The highest BCUT2D eigenvalue weighted by atomic mass is 16.2. The average molecular weight is 346 g/mol. The zero-order chi connectivity index (χ0) is 17.8. The summed E-state index contributed by atoms with van der Waals surface area (Å²) in [5, 5.41) is 6.06. The number of fused-ring (bicyclic) bond motifs is 1. The number of carbonyl (C=O) groups is 2. The number of aromatic nitrogens is 2. The van der Waals surface area contributed by atoms with Gasteiger partial charge < -0.3 is 15.2 Å². The lowest BCUT2D eigenvalue weighted by Crippen LogP contribution is -2.35. The second-order valence-electron chi connectivity index (χ2n) is 7.73. The third-order valence-corrected chi connectivity index (χ3v) is 5.23. The van der Waals surface area contributed by atoms with E-state index in [-0.39, 0.29) is 17.9 Å². The van der Waals surface area contributed by atoms with Gasteiger partial charge in [-0.05, 0) is 44.4 Å². The maximum atomic E-state index is 12.7. The van der Waals surface area contributed by atoms with Crippen molar-refractivity contribution < 1.29 is 9.59 Å². The first-order valence-corrected chi connectivity index (χ1v) is 9.74. The van der Waals surface area contributed by atoms with Crippen molar-refractivity contribution in [2.24, 2.45) is 5.92 Å². The Hall–Kier alpha value is -1.85. The Balaban J connectivity index is 1.76. The number of amides is 2. The van der Waals surface area contributed by atoms with Crippen LogP contribution in [0.15, 0.2) is 0 Å². The predicted octanol–water partition coefficient (Wildman–Crippen LogP) is 2.67. The highest BCUT2D eigenvalue weighted by molar-refractivity contribution is 5.97. The molecule has 2 N–H and O–H groups in total. The summed E-state index contributed by atoms with van der Waals surface area (Å²) in [5.41, 5.74) is 1.37. The fourth-order valence-corrected chi connectivity index (χ4v) is 3.78. The molecule has 1 aliphatic heterocycles. The number of imidazole rings is 1. The van der Waals surface area contributed by atoms with Crippen molar-refractivity contribution >= 4 is 11.8 Å². The maximum absolute atomic E-state index is 12.7. The second kappa shape index (κ2) is 8.02. The first-order chi connectivity index (χ1) is 12.1. The quantitative estimate of drug-likeness (QED) is 0.831. The molecule has 0 aromatic carbocycles. The minimum Gasteiger partial charge on any atom is -0.351 e. The van der Waals surface area contributed by atoms with Crippen LogP contribution in [-0.2, 0) is 13.0 Å². The van der Waals surface area contributed by atoms with Gasteiger partial charge in [0.25, 0.3) is 11.8 Å². The molecule has 6 heteroatoms. The molecule has 0 spiro atoms. The van der Waals surface area contributed by atoms with E-state index < -0.39 is 0 Å². The van der Waals surface area contributed by atoms with Crippen LogP contribution in [0.3, 0.4) is 0 Å². The number of carbonyl (C=O) groups excluding carboxylic acids is 2. The van der Waals surface area contributed by atoms with Gasteiger partial charge in [0.15, 0.2) is 5.82 Å². The standard InChI is InChI=1S/C19H30N4O2/c1-13(2)10-11-20-18(24)16-15-9-5-6-12-23(15)17(22-16)19(25)21-14-7-3-4-8-14/h13-14H,3-12H2,1-2H3,(H,20,24)(H,21,25). The van der Waals surface area contributed by atoms with Crippen LogP contribution in [0.25, 0.3) is 0 Å². The molecule has 6 nitrogen and oxygen atoms in total. The van der Waals surface area contributed by atoms with Crippen molar-refractivity contribution in [3.63, 3.8) is 0 Å². The molecule has 2 heterocycles. The fourth-order valence-electron chi connectivity index (χ4n) is 3.78. The summed E-state index contributed by atoms with van der Waals surface area (Å²) in [7, 11) is 0. The van der Waals surface area contributed by atoms with Crippen molar-refractivity contribution in [3.8, 4) is 0 Å². The van der Waals surface area contributed by atoms with Gasteiger partial charge in [-0.2, -0.15) is 0 Å². The lowest BCUT2D eigenvalue weighted by Gasteiger charge is -2.18. The summed E-state index contributed by atoms with van der Waals surface area (Å²) in [6.45, 7) is 5.69. The number of nitrogens with one attached hydrogen (secondary N) is 2. The molecular weight excluding hydrogens is 316 g/mol. The van der Waals surface area contributed by atoms with Crippen LogP contribution in [0, 0.1) is 5.92 Å². The van der Waals surface area contributed by atoms with E-state index >= 15 is 0 Å². The zero-order valence-electron chi connectivity index (χ0n) is 15.4. The molecular formula is C19H30N4O2. The van der Waals surface area contributed by atoms with E-state index in [1.165, 1.54) is 12.8 Å². The maximum Gasteiger partial charge on any atom is 0.287 e. The molecule has 1 fully saturated rings. The smallest absolute Gasteiger partial charge is 0.287 e. The SMILES string of the molecule is CC(C)CCNC(=O)c1nc(C(=O)NC2CCCC2)n2c1CCCC2. The van der Waals surface area contributed by atoms with E-state index in [0.717, 1.165) is 50.8 Å². The Morgan fingerprint density at radius 1 is 1.16 bits per heavy atom. The van der Waals surface area contributed by atoms with Gasteiger partial charge in [0.1, 0.15) is 5.69 Å². The normalized spacial score (nSPS) is 17.6. The third kappa shape index (κ3) is 4.22. The van der Waals surface area contributed by atoms with Crippen molar-refractivity contribution in [2.45, 2.75) is 77.8 Å². The molecule has 2 amide bonds. The topological polar surface area (TPSA) is 76.0 Å². The van der Waals surface area contributed by atoms with Gasteiger partial charge in [-0.3, -0.25) is 9.59 Å². The van der Waals surface area contributed by atoms with Crippen LogP contribution in [0.5, 0.6) is 0 Å². The molecule has 2 aliphatic rings.